The maximum atomic E-state index is 12.7. The molecular weight excluding hydrogens is 306 g/mol. The van der Waals surface area contributed by atoms with Gasteiger partial charge >= 0.3 is 0 Å². The Bertz CT molecular complexity index is 725. The van der Waals surface area contributed by atoms with Crippen molar-refractivity contribution in [3.8, 4) is 0 Å². The van der Waals surface area contributed by atoms with Gasteiger partial charge in [0.1, 0.15) is 0 Å². The van der Waals surface area contributed by atoms with Crippen molar-refractivity contribution in [3.05, 3.63) is 42.5 Å². The van der Waals surface area contributed by atoms with Gasteiger partial charge in [0.05, 0.1) is 4.90 Å². The van der Waals surface area contributed by atoms with Crippen molar-refractivity contribution in [2.75, 3.05) is 5.88 Å². The standard InChI is InChI=1S/C16H20ClNO2S/c1-3-16(2,11-12-17)18-21(19,20)15-10-6-8-13-7-4-5-9-14(13)15/h4-10,18H,3,11-12H2,1-2H3. The Balaban J connectivity index is 2.47. The molecule has 0 radical (unpaired) electrons. The molecule has 0 aliphatic heterocycles. The van der Waals surface area contributed by atoms with Gasteiger partial charge in [-0.05, 0) is 31.2 Å². The van der Waals surface area contributed by atoms with Crippen LogP contribution in [0.1, 0.15) is 26.7 Å². The average molecular weight is 326 g/mol. The predicted molar refractivity (Wildman–Crippen MR) is 88.3 cm³/mol. The van der Waals surface area contributed by atoms with Crippen LogP contribution in [0.15, 0.2) is 47.4 Å². The van der Waals surface area contributed by atoms with E-state index in [0.29, 0.717) is 23.6 Å². The fraction of sp³-hybridized carbons (Fsp3) is 0.375. The van der Waals surface area contributed by atoms with Crippen molar-refractivity contribution in [2.24, 2.45) is 0 Å². The zero-order valence-corrected chi connectivity index (χ0v) is 13.8. The van der Waals surface area contributed by atoms with Crippen molar-refractivity contribution in [2.45, 2.75) is 37.1 Å². The summed E-state index contributed by atoms with van der Waals surface area (Å²) in [4.78, 5) is 0.315. The summed E-state index contributed by atoms with van der Waals surface area (Å²) < 4.78 is 28.3. The first-order valence-electron chi connectivity index (χ1n) is 6.99. The van der Waals surface area contributed by atoms with Crippen LogP contribution in [-0.2, 0) is 10.0 Å². The van der Waals surface area contributed by atoms with E-state index in [0.717, 1.165) is 10.8 Å². The van der Waals surface area contributed by atoms with Crippen molar-refractivity contribution in [1.29, 1.82) is 0 Å². The number of alkyl halides is 1. The summed E-state index contributed by atoms with van der Waals surface area (Å²) in [6.07, 6.45) is 1.28. The van der Waals surface area contributed by atoms with E-state index in [4.69, 9.17) is 11.6 Å². The quantitative estimate of drug-likeness (QED) is 0.818. The van der Waals surface area contributed by atoms with Gasteiger partial charge in [0.15, 0.2) is 0 Å². The molecule has 0 saturated carbocycles. The average Bonchev–Trinajstić information content (AvgIpc) is 2.46. The van der Waals surface area contributed by atoms with E-state index < -0.39 is 15.6 Å². The Kier molecular flexibility index (Phi) is 4.91. The monoisotopic (exact) mass is 325 g/mol. The summed E-state index contributed by atoms with van der Waals surface area (Å²) in [5.41, 5.74) is -0.530. The highest BCUT2D eigenvalue weighted by atomic mass is 35.5. The summed E-state index contributed by atoms with van der Waals surface area (Å²) in [5.74, 6) is 0.419. The van der Waals surface area contributed by atoms with Gasteiger partial charge < -0.3 is 0 Å². The van der Waals surface area contributed by atoms with E-state index in [-0.39, 0.29) is 0 Å². The Hall–Kier alpha value is -1.10. The number of nitrogens with one attached hydrogen (secondary N) is 1. The topological polar surface area (TPSA) is 46.2 Å². The van der Waals surface area contributed by atoms with Crippen LogP contribution in [0, 0.1) is 0 Å². The fourth-order valence-corrected chi connectivity index (χ4v) is 4.47. The Morgan fingerprint density at radius 2 is 1.81 bits per heavy atom. The number of halogens is 1. The largest absolute Gasteiger partial charge is 0.241 e. The zero-order chi connectivity index (χ0) is 15.5. The number of hydrogen-bond acceptors (Lipinski definition) is 2. The molecule has 0 aliphatic carbocycles. The molecule has 0 fully saturated rings. The lowest BCUT2D eigenvalue weighted by Crippen LogP contribution is -2.45. The molecule has 1 N–H and O–H groups in total. The minimum atomic E-state index is -3.59. The van der Waals surface area contributed by atoms with E-state index in [1.807, 2.05) is 44.2 Å². The third-order valence-electron chi connectivity index (χ3n) is 3.85. The molecule has 0 amide bonds. The van der Waals surface area contributed by atoms with E-state index in [1.165, 1.54) is 0 Å². The Morgan fingerprint density at radius 1 is 1.14 bits per heavy atom. The molecule has 0 saturated heterocycles. The summed E-state index contributed by atoms with van der Waals surface area (Å²) in [6.45, 7) is 3.84. The van der Waals surface area contributed by atoms with E-state index in [1.54, 1.807) is 12.1 Å². The van der Waals surface area contributed by atoms with Crippen molar-refractivity contribution in [1.82, 2.24) is 4.72 Å². The molecule has 21 heavy (non-hydrogen) atoms. The van der Waals surface area contributed by atoms with Crippen LogP contribution in [0.25, 0.3) is 10.8 Å². The molecule has 2 aromatic carbocycles. The number of rotatable bonds is 6. The van der Waals surface area contributed by atoms with Crippen LogP contribution in [-0.4, -0.2) is 19.8 Å². The molecule has 114 valence electrons. The highest BCUT2D eigenvalue weighted by molar-refractivity contribution is 7.89. The highest BCUT2D eigenvalue weighted by Gasteiger charge is 2.29. The minimum Gasteiger partial charge on any atom is -0.207 e. The molecule has 2 rings (SSSR count). The summed E-state index contributed by atoms with van der Waals surface area (Å²) in [7, 11) is -3.59. The zero-order valence-electron chi connectivity index (χ0n) is 12.3. The smallest absolute Gasteiger partial charge is 0.207 e. The molecule has 0 bridgehead atoms. The maximum Gasteiger partial charge on any atom is 0.241 e. The second-order valence-corrected chi connectivity index (χ2v) is 7.46. The van der Waals surface area contributed by atoms with E-state index >= 15 is 0 Å². The molecule has 2 aromatic rings. The van der Waals surface area contributed by atoms with Gasteiger partial charge in [0, 0.05) is 16.8 Å². The predicted octanol–water partition coefficient (Wildman–Crippen LogP) is 3.92. The van der Waals surface area contributed by atoms with E-state index in [2.05, 4.69) is 4.72 Å². The molecule has 3 nitrogen and oxygen atoms in total. The van der Waals surface area contributed by atoms with Gasteiger partial charge in [-0.2, -0.15) is 0 Å². The van der Waals surface area contributed by atoms with Crippen LogP contribution in [0.2, 0.25) is 0 Å². The van der Waals surface area contributed by atoms with Crippen LogP contribution >= 0.6 is 11.6 Å². The second-order valence-electron chi connectivity index (χ2n) is 5.44. The third-order valence-corrected chi connectivity index (χ3v) is 5.73. The lowest BCUT2D eigenvalue weighted by Gasteiger charge is -2.28. The summed E-state index contributed by atoms with van der Waals surface area (Å²) >= 11 is 5.80. The third kappa shape index (κ3) is 3.57. The van der Waals surface area contributed by atoms with Crippen LogP contribution in [0.3, 0.4) is 0 Å². The first-order valence-corrected chi connectivity index (χ1v) is 9.01. The van der Waals surface area contributed by atoms with Gasteiger partial charge in [-0.25, -0.2) is 13.1 Å². The van der Waals surface area contributed by atoms with Gasteiger partial charge in [-0.3, -0.25) is 0 Å². The van der Waals surface area contributed by atoms with Crippen LogP contribution < -0.4 is 4.72 Å². The molecule has 0 aliphatic rings. The molecule has 5 heteroatoms. The molecule has 0 aromatic heterocycles. The maximum absolute atomic E-state index is 12.7. The Morgan fingerprint density at radius 3 is 2.48 bits per heavy atom. The van der Waals surface area contributed by atoms with Crippen LogP contribution in [0.5, 0.6) is 0 Å². The molecular formula is C16H20ClNO2S. The van der Waals surface area contributed by atoms with Gasteiger partial charge in [-0.15, -0.1) is 11.6 Å². The Labute approximate surface area is 131 Å². The van der Waals surface area contributed by atoms with Crippen LogP contribution in [0.4, 0.5) is 0 Å². The van der Waals surface area contributed by atoms with Crippen molar-refractivity contribution >= 4 is 32.4 Å². The van der Waals surface area contributed by atoms with Gasteiger partial charge in [0.25, 0.3) is 0 Å². The fourth-order valence-electron chi connectivity index (χ4n) is 2.32. The number of hydrogen-bond donors (Lipinski definition) is 1. The number of sulfonamides is 1. The summed E-state index contributed by atoms with van der Waals surface area (Å²) in [6, 6.07) is 12.8. The molecule has 0 heterocycles. The normalized spacial score (nSPS) is 15.0. The highest BCUT2D eigenvalue weighted by Crippen LogP contribution is 2.25. The molecule has 0 spiro atoms. The summed E-state index contributed by atoms with van der Waals surface area (Å²) in [5, 5.41) is 1.65. The first kappa shape index (κ1) is 16.3. The number of benzene rings is 2. The van der Waals surface area contributed by atoms with Gasteiger partial charge in [-0.1, -0.05) is 43.3 Å². The van der Waals surface area contributed by atoms with Gasteiger partial charge in [0.2, 0.25) is 10.0 Å². The number of fused-ring (bicyclic) bond motifs is 1. The van der Waals surface area contributed by atoms with Crippen molar-refractivity contribution in [3.63, 3.8) is 0 Å². The lowest BCUT2D eigenvalue weighted by atomic mass is 9.97. The second kappa shape index (κ2) is 6.34. The molecule has 1 atom stereocenters. The lowest BCUT2D eigenvalue weighted by molar-refractivity contribution is 0.391. The SMILES string of the molecule is CCC(C)(CCCl)NS(=O)(=O)c1cccc2ccccc12. The van der Waals surface area contributed by atoms with Crippen molar-refractivity contribution < 1.29 is 8.42 Å². The molecule has 1 unspecified atom stereocenters. The minimum absolute atomic E-state index is 0.315. The van der Waals surface area contributed by atoms with E-state index in [9.17, 15) is 8.42 Å². The first-order chi connectivity index (χ1) is 9.92.